The maximum Gasteiger partial charge on any atom is 0.269 e. The van der Waals surface area contributed by atoms with E-state index in [9.17, 15) is 4.79 Å². The Hall–Kier alpha value is -1.36. The summed E-state index contributed by atoms with van der Waals surface area (Å²) < 4.78 is 1.87. The molecule has 1 aromatic rings. The minimum Gasteiger partial charge on any atom is -0.396 e. The Balaban J connectivity index is 2.14. The number of aliphatic hydroxyl groups excluding tert-OH is 1. The van der Waals surface area contributed by atoms with Crippen molar-refractivity contribution in [3.05, 3.63) is 17.5 Å². The Bertz CT molecular complexity index is 476. The van der Waals surface area contributed by atoms with Crippen LogP contribution < -0.4 is 5.32 Å². The van der Waals surface area contributed by atoms with Crippen molar-refractivity contribution >= 4 is 5.91 Å². The van der Waals surface area contributed by atoms with Gasteiger partial charge in [-0.1, -0.05) is 13.8 Å². The number of nitrogens with one attached hydrogen (secondary N) is 1. The van der Waals surface area contributed by atoms with Gasteiger partial charge in [-0.15, -0.1) is 0 Å². The molecule has 0 bridgehead atoms. The SMILES string of the molecule is CCC(CC)n1nc(C)cc1C(=O)NC(CCO)C1CC1. The van der Waals surface area contributed by atoms with Crippen LogP contribution >= 0.6 is 0 Å². The molecule has 0 radical (unpaired) electrons. The van der Waals surface area contributed by atoms with Crippen molar-refractivity contribution in [2.75, 3.05) is 6.61 Å². The van der Waals surface area contributed by atoms with Crippen molar-refractivity contribution in [1.29, 1.82) is 0 Å². The van der Waals surface area contributed by atoms with Crippen LogP contribution in [0, 0.1) is 12.8 Å². The fourth-order valence-electron chi connectivity index (χ4n) is 2.90. The standard InChI is InChI=1S/C16H27N3O2/c1-4-13(5-2)19-15(10-11(3)18-19)16(21)17-14(8-9-20)12-6-7-12/h10,12-14,20H,4-9H2,1-3H3,(H,17,21). The minimum absolute atomic E-state index is 0.0622. The molecule has 118 valence electrons. The van der Waals surface area contributed by atoms with E-state index in [4.69, 9.17) is 5.11 Å². The zero-order valence-corrected chi connectivity index (χ0v) is 13.3. The van der Waals surface area contributed by atoms with Gasteiger partial charge in [0.1, 0.15) is 5.69 Å². The first-order chi connectivity index (χ1) is 10.1. The molecule has 1 aliphatic carbocycles. The fourth-order valence-corrected chi connectivity index (χ4v) is 2.90. The average Bonchev–Trinajstić information content (AvgIpc) is 3.23. The van der Waals surface area contributed by atoms with Gasteiger partial charge in [0.05, 0.1) is 11.7 Å². The first-order valence-corrected chi connectivity index (χ1v) is 8.08. The number of amides is 1. The fraction of sp³-hybridized carbons (Fsp3) is 0.750. The van der Waals surface area contributed by atoms with E-state index in [1.807, 2.05) is 17.7 Å². The van der Waals surface area contributed by atoms with Crippen molar-refractivity contribution in [2.24, 2.45) is 5.92 Å². The molecule has 1 atom stereocenters. The quantitative estimate of drug-likeness (QED) is 0.773. The molecule has 0 aromatic carbocycles. The van der Waals surface area contributed by atoms with Gasteiger partial charge >= 0.3 is 0 Å². The lowest BCUT2D eigenvalue weighted by Gasteiger charge is -2.20. The van der Waals surface area contributed by atoms with Crippen LogP contribution in [-0.2, 0) is 0 Å². The molecule has 1 fully saturated rings. The summed E-state index contributed by atoms with van der Waals surface area (Å²) in [6.45, 7) is 6.27. The highest BCUT2D eigenvalue weighted by molar-refractivity contribution is 5.93. The van der Waals surface area contributed by atoms with E-state index in [1.54, 1.807) is 0 Å². The second-order valence-electron chi connectivity index (χ2n) is 6.02. The van der Waals surface area contributed by atoms with Crippen LogP contribution in [0.3, 0.4) is 0 Å². The van der Waals surface area contributed by atoms with E-state index in [2.05, 4.69) is 24.3 Å². The molecular weight excluding hydrogens is 266 g/mol. The highest BCUT2D eigenvalue weighted by atomic mass is 16.3. The average molecular weight is 293 g/mol. The molecule has 2 N–H and O–H groups in total. The van der Waals surface area contributed by atoms with E-state index in [0.29, 0.717) is 18.0 Å². The lowest BCUT2D eigenvalue weighted by atomic mass is 10.1. The summed E-state index contributed by atoms with van der Waals surface area (Å²) in [5.74, 6) is 0.472. The Morgan fingerprint density at radius 2 is 2.14 bits per heavy atom. The van der Waals surface area contributed by atoms with Gasteiger partial charge in [0.25, 0.3) is 5.91 Å². The number of carbonyl (C=O) groups is 1. The summed E-state index contributed by atoms with van der Waals surface area (Å²) >= 11 is 0. The Labute approximate surface area is 126 Å². The van der Waals surface area contributed by atoms with Gasteiger partial charge in [-0.25, -0.2) is 0 Å². The van der Waals surface area contributed by atoms with Crippen LogP contribution in [-0.4, -0.2) is 33.4 Å². The van der Waals surface area contributed by atoms with Crippen LogP contribution in [0.5, 0.6) is 0 Å². The van der Waals surface area contributed by atoms with E-state index in [0.717, 1.165) is 31.4 Å². The van der Waals surface area contributed by atoms with E-state index < -0.39 is 0 Å². The molecular formula is C16H27N3O2. The van der Waals surface area contributed by atoms with Crippen LogP contribution in [0.1, 0.15) is 68.2 Å². The first-order valence-electron chi connectivity index (χ1n) is 8.08. The van der Waals surface area contributed by atoms with Crippen molar-refractivity contribution in [2.45, 2.75) is 65.0 Å². The molecule has 1 heterocycles. The van der Waals surface area contributed by atoms with E-state index in [1.165, 1.54) is 0 Å². The van der Waals surface area contributed by atoms with Gasteiger partial charge in [-0.3, -0.25) is 9.48 Å². The predicted molar refractivity (Wildman–Crippen MR) is 82.3 cm³/mol. The largest absolute Gasteiger partial charge is 0.396 e. The summed E-state index contributed by atoms with van der Waals surface area (Å²) in [7, 11) is 0. The van der Waals surface area contributed by atoms with E-state index in [-0.39, 0.29) is 24.6 Å². The molecule has 21 heavy (non-hydrogen) atoms. The van der Waals surface area contributed by atoms with Crippen LogP contribution in [0.25, 0.3) is 0 Å². The molecule has 1 unspecified atom stereocenters. The van der Waals surface area contributed by atoms with Crippen molar-refractivity contribution < 1.29 is 9.90 Å². The predicted octanol–water partition coefficient (Wildman–Crippen LogP) is 2.44. The second kappa shape index (κ2) is 7.07. The third-order valence-corrected chi connectivity index (χ3v) is 4.33. The topological polar surface area (TPSA) is 67.2 Å². The smallest absolute Gasteiger partial charge is 0.269 e. The van der Waals surface area contributed by atoms with Crippen molar-refractivity contribution in [3.63, 3.8) is 0 Å². The zero-order chi connectivity index (χ0) is 15.4. The maximum absolute atomic E-state index is 12.6. The zero-order valence-electron chi connectivity index (χ0n) is 13.3. The highest BCUT2D eigenvalue weighted by Gasteiger charge is 2.32. The van der Waals surface area contributed by atoms with Gasteiger partial charge in [0, 0.05) is 12.6 Å². The molecule has 5 heteroatoms. The van der Waals surface area contributed by atoms with Gasteiger partial charge < -0.3 is 10.4 Å². The number of rotatable bonds is 8. The van der Waals surface area contributed by atoms with Crippen LogP contribution in [0.4, 0.5) is 0 Å². The van der Waals surface area contributed by atoms with Crippen LogP contribution in [0.2, 0.25) is 0 Å². The number of hydrogen-bond donors (Lipinski definition) is 2. The molecule has 0 saturated heterocycles. The summed E-state index contributed by atoms with van der Waals surface area (Å²) in [5, 5.41) is 16.7. The monoisotopic (exact) mass is 293 g/mol. The lowest BCUT2D eigenvalue weighted by Crippen LogP contribution is -2.38. The molecule has 5 nitrogen and oxygen atoms in total. The first kappa shape index (κ1) is 16.0. The second-order valence-corrected chi connectivity index (χ2v) is 6.02. The maximum atomic E-state index is 12.6. The van der Waals surface area contributed by atoms with Gasteiger partial charge in [0.15, 0.2) is 0 Å². The van der Waals surface area contributed by atoms with Gasteiger partial charge in [0.2, 0.25) is 0 Å². The van der Waals surface area contributed by atoms with Crippen molar-refractivity contribution in [1.82, 2.24) is 15.1 Å². The number of nitrogens with zero attached hydrogens (tertiary/aromatic N) is 2. The third-order valence-electron chi connectivity index (χ3n) is 4.33. The van der Waals surface area contributed by atoms with E-state index >= 15 is 0 Å². The Morgan fingerprint density at radius 1 is 1.48 bits per heavy atom. The highest BCUT2D eigenvalue weighted by Crippen LogP contribution is 2.34. The normalized spacial score (nSPS) is 16.2. The number of aliphatic hydroxyl groups is 1. The molecule has 1 amide bonds. The number of aryl methyl sites for hydroxylation is 1. The summed E-state index contributed by atoms with van der Waals surface area (Å²) in [6.07, 6.45) is 4.85. The molecule has 0 spiro atoms. The summed E-state index contributed by atoms with van der Waals surface area (Å²) in [5.41, 5.74) is 1.52. The van der Waals surface area contributed by atoms with Crippen LogP contribution in [0.15, 0.2) is 6.07 Å². The lowest BCUT2D eigenvalue weighted by molar-refractivity contribution is 0.0910. The molecule has 1 aliphatic rings. The number of carbonyl (C=O) groups excluding carboxylic acids is 1. The van der Waals surface area contributed by atoms with Gasteiger partial charge in [-0.05, 0) is 51.0 Å². The Kier molecular flexibility index (Phi) is 5.39. The summed E-state index contributed by atoms with van der Waals surface area (Å²) in [4.78, 5) is 12.6. The van der Waals surface area contributed by atoms with Gasteiger partial charge in [-0.2, -0.15) is 5.10 Å². The van der Waals surface area contributed by atoms with Crippen molar-refractivity contribution in [3.8, 4) is 0 Å². The third kappa shape index (κ3) is 3.84. The molecule has 1 saturated carbocycles. The number of aromatic nitrogens is 2. The summed E-state index contributed by atoms with van der Waals surface area (Å²) in [6, 6.07) is 2.21. The minimum atomic E-state index is -0.0622. The number of hydrogen-bond acceptors (Lipinski definition) is 3. The molecule has 0 aliphatic heterocycles. The molecule has 2 rings (SSSR count). The Morgan fingerprint density at radius 3 is 2.67 bits per heavy atom. The molecule has 1 aromatic heterocycles.